The average molecular weight is 732 g/mol. The zero-order chi connectivity index (χ0) is 38.6. The van der Waals surface area contributed by atoms with E-state index in [4.69, 9.17) is 4.42 Å². The lowest BCUT2D eigenvalue weighted by atomic mass is 9.81. The summed E-state index contributed by atoms with van der Waals surface area (Å²) in [7, 11) is 0. The van der Waals surface area contributed by atoms with E-state index in [1.54, 1.807) is 0 Å². The average Bonchev–Trinajstić information content (AvgIpc) is 3.93. The predicted molar refractivity (Wildman–Crippen MR) is 238 cm³/mol. The van der Waals surface area contributed by atoms with E-state index in [0.29, 0.717) is 5.56 Å². The molecule has 1 aliphatic carbocycles. The Labute approximate surface area is 330 Å². The molecule has 4 heteroatoms. The van der Waals surface area contributed by atoms with Gasteiger partial charge < -0.3 is 13.6 Å². The maximum absolute atomic E-state index is 10.8. The molecule has 0 aliphatic heterocycles. The summed E-state index contributed by atoms with van der Waals surface area (Å²) in [4.78, 5) is 0. The molecule has 11 rings (SSSR count). The number of nitriles is 1. The normalized spacial score (nSPS) is 13.9. The molecule has 0 unspecified atom stereocenters. The summed E-state index contributed by atoms with van der Waals surface area (Å²) in [5, 5.41) is 17.6. The van der Waals surface area contributed by atoms with E-state index in [9.17, 15) is 5.26 Å². The lowest BCUT2D eigenvalue weighted by molar-refractivity contribution is 0.642. The summed E-state index contributed by atoms with van der Waals surface area (Å²) in [5.41, 5.74) is 15.6. The largest absolute Gasteiger partial charge is 0.456 e. The quantitative estimate of drug-likeness (QED) is 0.165. The Bertz CT molecular complexity index is 3480. The Balaban J connectivity index is 1.19. The third-order valence-electron chi connectivity index (χ3n) is 12.5. The second-order valence-electron chi connectivity index (χ2n) is 15.7. The molecule has 0 atom stereocenters. The van der Waals surface area contributed by atoms with Gasteiger partial charge in [-0.05, 0) is 71.7 Å². The first kappa shape index (κ1) is 33.0. The maximum atomic E-state index is 10.8. The zero-order valence-corrected chi connectivity index (χ0v) is 32.0. The highest BCUT2D eigenvalue weighted by Gasteiger charge is 2.37. The highest BCUT2D eigenvalue weighted by Crippen LogP contribution is 2.51. The molecular weight excluding hydrogens is 695 g/mol. The Morgan fingerprint density at radius 3 is 2.14 bits per heavy atom. The smallest absolute Gasteiger partial charge is 0.137 e. The fourth-order valence-corrected chi connectivity index (χ4v) is 9.64. The Kier molecular flexibility index (Phi) is 7.00. The van der Waals surface area contributed by atoms with Gasteiger partial charge in [0.2, 0.25) is 0 Å². The highest BCUT2D eigenvalue weighted by atomic mass is 16.3. The van der Waals surface area contributed by atoms with Crippen molar-refractivity contribution in [3.8, 4) is 28.6 Å². The number of rotatable bonds is 5. The molecule has 10 aromatic rings. The molecule has 0 spiro atoms. The molecule has 0 fully saturated rings. The van der Waals surface area contributed by atoms with Crippen molar-refractivity contribution in [2.75, 3.05) is 0 Å². The summed E-state index contributed by atoms with van der Waals surface area (Å²) in [6.07, 6.45) is 6.09. The molecule has 7 aromatic carbocycles. The van der Waals surface area contributed by atoms with Crippen molar-refractivity contribution in [3.05, 3.63) is 187 Å². The van der Waals surface area contributed by atoms with Gasteiger partial charge in [0.05, 0.1) is 33.3 Å². The van der Waals surface area contributed by atoms with Crippen LogP contribution in [0.5, 0.6) is 0 Å². The number of aromatic nitrogens is 2. The van der Waals surface area contributed by atoms with Crippen LogP contribution in [-0.2, 0) is 5.41 Å². The van der Waals surface area contributed by atoms with Gasteiger partial charge in [0, 0.05) is 55.0 Å². The Hall–Kier alpha value is -7.35. The molecule has 1 aliphatic rings. The van der Waals surface area contributed by atoms with E-state index in [1.807, 2.05) is 36.4 Å². The molecule has 270 valence electrons. The van der Waals surface area contributed by atoms with E-state index in [2.05, 4.69) is 164 Å². The van der Waals surface area contributed by atoms with Crippen LogP contribution in [-0.4, -0.2) is 9.13 Å². The number of furan rings is 1. The van der Waals surface area contributed by atoms with Crippen LogP contribution in [0.15, 0.2) is 174 Å². The molecule has 0 amide bonds. The Morgan fingerprint density at radius 1 is 0.632 bits per heavy atom. The van der Waals surface area contributed by atoms with Gasteiger partial charge in [-0.1, -0.05) is 135 Å². The molecule has 0 N–H and O–H groups in total. The van der Waals surface area contributed by atoms with E-state index >= 15 is 0 Å². The first-order valence-electron chi connectivity index (χ1n) is 19.4. The number of allylic oxidation sites excluding steroid dienone is 5. The molecule has 0 radical (unpaired) electrons. The monoisotopic (exact) mass is 731 g/mol. The minimum atomic E-state index is -0.199. The van der Waals surface area contributed by atoms with Crippen LogP contribution in [0.4, 0.5) is 0 Å². The van der Waals surface area contributed by atoms with Crippen molar-refractivity contribution in [3.63, 3.8) is 0 Å². The molecule has 3 heterocycles. The lowest BCUT2D eigenvalue weighted by Gasteiger charge is -2.24. The van der Waals surface area contributed by atoms with Gasteiger partial charge in [0.25, 0.3) is 0 Å². The predicted octanol–water partition coefficient (Wildman–Crippen LogP) is 14.1. The van der Waals surface area contributed by atoms with Crippen LogP contribution in [0, 0.1) is 11.3 Å². The van der Waals surface area contributed by atoms with Gasteiger partial charge in [-0.15, -0.1) is 0 Å². The van der Waals surface area contributed by atoms with Gasteiger partial charge >= 0.3 is 0 Å². The number of fused-ring (bicyclic) bond motifs is 11. The molecule has 57 heavy (non-hydrogen) atoms. The van der Waals surface area contributed by atoms with Crippen molar-refractivity contribution in [1.29, 1.82) is 5.26 Å². The summed E-state index contributed by atoms with van der Waals surface area (Å²) in [6.45, 7) is 10.9. The lowest BCUT2D eigenvalue weighted by Crippen LogP contribution is -2.17. The first-order valence-corrected chi connectivity index (χ1v) is 19.4. The van der Waals surface area contributed by atoms with Crippen LogP contribution in [0.3, 0.4) is 0 Å². The standard InChI is InChI=1S/C53H37N3O/c1-5-6-18-36-32(2)53(3,4)50-41(36)26-27-42-38-19-7-10-23-45(38)55(52(42)50)35-17-13-15-33(28-35)37-22-14-16-34(31-54)51(37)56-46-24-11-8-20-39(46)43-29-44-40-21-9-12-25-48(40)57-49(44)30-47(43)56/h5-30H,1H2,2-4H3/b18-6-. The number of para-hydroxylation sites is 4. The summed E-state index contributed by atoms with van der Waals surface area (Å²) in [6, 6.07) is 51.9. The number of hydrogen-bond donors (Lipinski definition) is 0. The van der Waals surface area contributed by atoms with Gasteiger partial charge in [0.1, 0.15) is 17.2 Å². The zero-order valence-electron chi connectivity index (χ0n) is 32.0. The van der Waals surface area contributed by atoms with Crippen molar-refractivity contribution in [2.24, 2.45) is 0 Å². The third kappa shape index (κ3) is 4.54. The summed E-state index contributed by atoms with van der Waals surface area (Å²) < 4.78 is 11.2. The number of hydrogen-bond acceptors (Lipinski definition) is 2. The molecule has 0 bridgehead atoms. The minimum absolute atomic E-state index is 0.199. The SMILES string of the molecule is C=C/C=C\C1=C(C)C(C)(C)c2c1ccc1c3ccccc3n(-c3cccc(-c4cccc(C#N)c4-n4c5ccccc5c5cc6c(cc54)oc4ccccc46)c3)c21. The van der Waals surface area contributed by atoms with Crippen LogP contribution >= 0.6 is 0 Å². The fourth-order valence-electron chi connectivity index (χ4n) is 9.64. The number of benzene rings is 7. The second kappa shape index (κ2) is 12.1. The van der Waals surface area contributed by atoms with Gasteiger partial charge in [0.15, 0.2) is 0 Å². The number of nitrogens with zero attached hydrogens (tertiary/aromatic N) is 3. The molecule has 3 aromatic heterocycles. The second-order valence-corrected chi connectivity index (χ2v) is 15.7. The Morgan fingerprint density at radius 2 is 1.35 bits per heavy atom. The molecule has 0 saturated carbocycles. The van der Waals surface area contributed by atoms with Gasteiger partial charge in [-0.25, -0.2) is 0 Å². The molecule has 0 saturated heterocycles. The molecule has 4 nitrogen and oxygen atoms in total. The molecular formula is C53H37N3O. The van der Waals surface area contributed by atoms with Crippen LogP contribution < -0.4 is 0 Å². The third-order valence-corrected chi connectivity index (χ3v) is 12.5. The van der Waals surface area contributed by atoms with E-state index in [1.165, 1.54) is 38.6 Å². The van der Waals surface area contributed by atoms with Crippen molar-refractivity contribution in [1.82, 2.24) is 9.13 Å². The highest BCUT2D eigenvalue weighted by molar-refractivity contribution is 6.18. The van der Waals surface area contributed by atoms with Crippen molar-refractivity contribution in [2.45, 2.75) is 26.2 Å². The maximum Gasteiger partial charge on any atom is 0.137 e. The topological polar surface area (TPSA) is 46.8 Å². The first-order chi connectivity index (χ1) is 27.9. The van der Waals surface area contributed by atoms with Gasteiger partial charge in [-0.3, -0.25) is 0 Å². The van der Waals surface area contributed by atoms with Crippen LogP contribution in [0.25, 0.3) is 93.6 Å². The van der Waals surface area contributed by atoms with E-state index in [0.717, 1.165) is 71.8 Å². The van der Waals surface area contributed by atoms with Crippen LogP contribution in [0.2, 0.25) is 0 Å². The summed E-state index contributed by atoms with van der Waals surface area (Å²) >= 11 is 0. The van der Waals surface area contributed by atoms with Crippen LogP contribution in [0.1, 0.15) is 37.5 Å². The van der Waals surface area contributed by atoms with Gasteiger partial charge in [-0.2, -0.15) is 5.26 Å². The summed E-state index contributed by atoms with van der Waals surface area (Å²) in [5.74, 6) is 0. The fraction of sp³-hybridized carbons (Fsp3) is 0.0755. The van der Waals surface area contributed by atoms with E-state index in [-0.39, 0.29) is 5.41 Å². The minimum Gasteiger partial charge on any atom is -0.456 e. The van der Waals surface area contributed by atoms with E-state index < -0.39 is 0 Å². The van der Waals surface area contributed by atoms with Crippen molar-refractivity contribution >= 4 is 71.1 Å². The van der Waals surface area contributed by atoms with Crippen molar-refractivity contribution < 1.29 is 4.42 Å².